The summed E-state index contributed by atoms with van der Waals surface area (Å²) in [4.78, 5) is 16.9. The van der Waals surface area contributed by atoms with E-state index in [0.717, 1.165) is 17.0 Å². The first-order valence-electron chi connectivity index (χ1n) is 6.38. The zero-order valence-corrected chi connectivity index (χ0v) is 11.4. The minimum absolute atomic E-state index is 0.267. The monoisotopic (exact) mass is 276 g/mol. The number of carbonyl (C=O) groups is 1. The molecule has 0 radical (unpaired) electrons. The summed E-state index contributed by atoms with van der Waals surface area (Å²) < 4.78 is 7.20. The van der Waals surface area contributed by atoms with Crippen LogP contribution in [-0.4, -0.2) is 51.0 Å². The number of carboxylic acids is 1. The lowest BCUT2D eigenvalue weighted by atomic mass is 9.96. The van der Waals surface area contributed by atoms with E-state index in [9.17, 15) is 4.79 Å². The van der Waals surface area contributed by atoms with Crippen LogP contribution in [0.5, 0.6) is 0 Å². The van der Waals surface area contributed by atoms with Gasteiger partial charge < -0.3 is 14.7 Å². The summed E-state index contributed by atoms with van der Waals surface area (Å²) in [6.45, 7) is 4.94. The van der Waals surface area contributed by atoms with Crippen LogP contribution >= 0.6 is 0 Å². The third-order valence-corrected chi connectivity index (χ3v) is 3.42. The minimum atomic E-state index is -0.945. The van der Waals surface area contributed by atoms with Crippen LogP contribution in [0.3, 0.4) is 0 Å². The van der Waals surface area contributed by atoms with E-state index in [1.54, 1.807) is 4.52 Å². The van der Waals surface area contributed by atoms with Crippen molar-refractivity contribution < 1.29 is 14.6 Å². The number of nitrogens with zero attached hydrogens (tertiary/aromatic N) is 4. The molecule has 1 aliphatic rings. The fraction of sp³-hybridized carbons (Fsp3) is 0.462. The number of pyridine rings is 1. The molecule has 0 unspecified atom stereocenters. The number of ether oxygens (including phenoxy) is 1. The van der Waals surface area contributed by atoms with E-state index < -0.39 is 11.6 Å². The fourth-order valence-electron chi connectivity index (χ4n) is 2.51. The van der Waals surface area contributed by atoms with E-state index in [4.69, 9.17) is 9.84 Å². The van der Waals surface area contributed by atoms with Crippen LogP contribution < -0.4 is 4.90 Å². The number of anilines is 1. The average Bonchev–Trinajstić information content (AvgIpc) is 2.80. The Morgan fingerprint density at radius 1 is 1.50 bits per heavy atom. The van der Waals surface area contributed by atoms with E-state index in [0.29, 0.717) is 13.1 Å². The lowest BCUT2D eigenvalue weighted by molar-refractivity contribution is -0.150. The normalized spacial score (nSPS) is 17.2. The molecular formula is C13H16N4O3. The molecule has 0 aromatic carbocycles. The van der Waals surface area contributed by atoms with Crippen molar-refractivity contribution in [2.45, 2.75) is 19.4 Å². The molecule has 0 saturated carbocycles. The van der Waals surface area contributed by atoms with Crippen molar-refractivity contribution in [2.24, 2.45) is 0 Å². The van der Waals surface area contributed by atoms with Gasteiger partial charge in [-0.15, -0.1) is 0 Å². The van der Waals surface area contributed by atoms with Crippen molar-refractivity contribution in [2.75, 3.05) is 24.6 Å². The summed E-state index contributed by atoms with van der Waals surface area (Å²) in [5.41, 5.74) is 1.50. The Balaban J connectivity index is 1.78. The number of aromatic nitrogens is 3. The Hall–Kier alpha value is -2.15. The first kappa shape index (κ1) is 12.9. The van der Waals surface area contributed by atoms with Crippen molar-refractivity contribution >= 4 is 17.4 Å². The van der Waals surface area contributed by atoms with Crippen LogP contribution in [0.15, 0.2) is 18.5 Å². The molecule has 7 heteroatoms. The van der Waals surface area contributed by atoms with Gasteiger partial charge in [0, 0.05) is 13.1 Å². The second-order valence-corrected chi connectivity index (χ2v) is 5.41. The van der Waals surface area contributed by atoms with E-state index in [1.165, 1.54) is 6.33 Å². The van der Waals surface area contributed by atoms with Gasteiger partial charge in [0.15, 0.2) is 5.65 Å². The van der Waals surface area contributed by atoms with Crippen molar-refractivity contribution in [3.05, 3.63) is 24.0 Å². The maximum absolute atomic E-state index is 10.6. The molecule has 3 heterocycles. The highest BCUT2D eigenvalue weighted by Crippen LogP contribution is 2.30. The smallest absolute Gasteiger partial charge is 0.329 e. The molecule has 0 amide bonds. The molecule has 2 aromatic rings. The average molecular weight is 276 g/mol. The van der Waals surface area contributed by atoms with Gasteiger partial charge in [-0.2, -0.15) is 9.61 Å². The highest BCUT2D eigenvalue weighted by atomic mass is 16.5. The number of fused-ring (bicyclic) bond motifs is 1. The molecule has 3 rings (SSSR count). The SMILES string of the molecule is Cc1cc(N2CC(C)(OCC(=O)O)C2)n2ncnc2c1. The zero-order valence-electron chi connectivity index (χ0n) is 11.4. The Morgan fingerprint density at radius 2 is 2.25 bits per heavy atom. The zero-order chi connectivity index (χ0) is 14.3. The van der Waals surface area contributed by atoms with E-state index in [1.807, 2.05) is 26.0 Å². The van der Waals surface area contributed by atoms with Gasteiger partial charge >= 0.3 is 5.97 Å². The molecule has 106 valence electrons. The number of rotatable bonds is 4. The van der Waals surface area contributed by atoms with Crippen LogP contribution in [0.4, 0.5) is 5.82 Å². The number of aryl methyl sites for hydroxylation is 1. The molecule has 1 saturated heterocycles. The maximum Gasteiger partial charge on any atom is 0.329 e. The summed E-state index contributed by atoms with van der Waals surface area (Å²) in [5, 5.41) is 12.9. The lowest BCUT2D eigenvalue weighted by Crippen LogP contribution is -2.62. The van der Waals surface area contributed by atoms with E-state index in [-0.39, 0.29) is 6.61 Å². The van der Waals surface area contributed by atoms with Gasteiger partial charge in [-0.05, 0) is 31.5 Å². The first-order chi connectivity index (χ1) is 9.47. The van der Waals surface area contributed by atoms with E-state index in [2.05, 4.69) is 15.0 Å². The van der Waals surface area contributed by atoms with Crippen molar-refractivity contribution in [1.82, 2.24) is 14.6 Å². The Morgan fingerprint density at radius 3 is 2.95 bits per heavy atom. The number of aliphatic carboxylic acids is 1. The number of carboxylic acid groups (broad SMARTS) is 1. The molecule has 1 N–H and O–H groups in total. The predicted molar refractivity (Wildman–Crippen MR) is 71.9 cm³/mol. The molecule has 1 aliphatic heterocycles. The van der Waals surface area contributed by atoms with Gasteiger partial charge in [0.25, 0.3) is 0 Å². The van der Waals surface area contributed by atoms with Crippen LogP contribution in [-0.2, 0) is 9.53 Å². The van der Waals surface area contributed by atoms with Gasteiger partial charge in [0.05, 0.1) is 0 Å². The van der Waals surface area contributed by atoms with Gasteiger partial charge in [-0.25, -0.2) is 9.78 Å². The van der Waals surface area contributed by atoms with Gasteiger partial charge in [-0.1, -0.05) is 0 Å². The molecule has 20 heavy (non-hydrogen) atoms. The second kappa shape index (κ2) is 4.45. The number of hydrogen-bond acceptors (Lipinski definition) is 5. The van der Waals surface area contributed by atoms with Gasteiger partial charge in [-0.3, -0.25) is 0 Å². The summed E-state index contributed by atoms with van der Waals surface area (Å²) in [5.74, 6) is 0.00722. The third-order valence-electron chi connectivity index (χ3n) is 3.42. The Labute approximate surface area is 115 Å². The number of hydrogen-bond donors (Lipinski definition) is 1. The first-order valence-corrected chi connectivity index (χ1v) is 6.38. The molecule has 7 nitrogen and oxygen atoms in total. The van der Waals surface area contributed by atoms with Crippen molar-refractivity contribution in [1.29, 1.82) is 0 Å². The molecular weight excluding hydrogens is 260 g/mol. The molecule has 0 bridgehead atoms. The summed E-state index contributed by atoms with van der Waals surface area (Å²) in [7, 11) is 0. The summed E-state index contributed by atoms with van der Waals surface area (Å²) >= 11 is 0. The van der Waals surface area contributed by atoms with Crippen molar-refractivity contribution in [3.8, 4) is 0 Å². The molecule has 1 fully saturated rings. The standard InChI is InChI=1S/C13H16N4O3/c1-9-3-10-14-8-15-17(10)11(4-9)16-6-13(2,7-16)20-5-12(18)19/h3-4,8H,5-7H2,1-2H3,(H,18,19). The lowest BCUT2D eigenvalue weighted by Gasteiger charge is -2.48. The van der Waals surface area contributed by atoms with Crippen molar-refractivity contribution in [3.63, 3.8) is 0 Å². The quantitative estimate of drug-likeness (QED) is 0.886. The topological polar surface area (TPSA) is 80.0 Å². The minimum Gasteiger partial charge on any atom is -0.480 e. The van der Waals surface area contributed by atoms with Gasteiger partial charge in [0.2, 0.25) is 0 Å². The Bertz CT molecular complexity index is 661. The predicted octanol–water partition coefficient (Wildman–Crippen LogP) is 0.718. The highest BCUT2D eigenvalue weighted by molar-refractivity contribution is 5.68. The second-order valence-electron chi connectivity index (χ2n) is 5.41. The molecule has 0 aliphatic carbocycles. The fourth-order valence-corrected chi connectivity index (χ4v) is 2.51. The van der Waals surface area contributed by atoms with Crippen LogP contribution in [0, 0.1) is 6.92 Å². The van der Waals surface area contributed by atoms with Gasteiger partial charge in [0.1, 0.15) is 24.4 Å². The van der Waals surface area contributed by atoms with E-state index >= 15 is 0 Å². The third kappa shape index (κ3) is 2.20. The van der Waals surface area contributed by atoms with Crippen LogP contribution in [0.25, 0.3) is 5.65 Å². The maximum atomic E-state index is 10.6. The highest BCUT2D eigenvalue weighted by Gasteiger charge is 2.41. The molecule has 0 atom stereocenters. The molecule has 0 spiro atoms. The van der Waals surface area contributed by atoms with Crippen LogP contribution in [0.2, 0.25) is 0 Å². The Kier molecular flexibility index (Phi) is 2.86. The van der Waals surface area contributed by atoms with Crippen LogP contribution in [0.1, 0.15) is 12.5 Å². The largest absolute Gasteiger partial charge is 0.480 e. The molecule has 2 aromatic heterocycles. The summed E-state index contributed by atoms with van der Waals surface area (Å²) in [6, 6.07) is 4.01. The summed E-state index contributed by atoms with van der Waals surface area (Å²) in [6.07, 6.45) is 1.53.